The topological polar surface area (TPSA) is 34.4 Å². The average molecular weight is 277 g/mol. The largest absolute Gasteiger partial charge is 0.497 e. The van der Waals surface area contributed by atoms with Crippen LogP contribution in [0.25, 0.3) is 0 Å². The van der Waals surface area contributed by atoms with E-state index in [1.54, 1.807) is 25.1 Å². The summed E-state index contributed by atoms with van der Waals surface area (Å²) < 4.78 is 10.5. The Morgan fingerprint density at radius 1 is 1.26 bits per heavy atom. The van der Waals surface area contributed by atoms with E-state index in [0.717, 1.165) is 17.3 Å². The highest BCUT2D eigenvalue weighted by Crippen LogP contribution is 2.28. The SMILES string of the molecule is CNC(CSc1ccoc1C)c1ccc(OC)cc1. The number of thioether (sulfide) groups is 1. The summed E-state index contributed by atoms with van der Waals surface area (Å²) >= 11 is 1.80. The number of aryl methyl sites for hydroxylation is 1. The third-order valence-electron chi connectivity index (χ3n) is 3.08. The predicted molar refractivity (Wildman–Crippen MR) is 79.0 cm³/mol. The first-order valence-electron chi connectivity index (χ1n) is 6.22. The summed E-state index contributed by atoms with van der Waals surface area (Å²) in [5.74, 6) is 2.83. The van der Waals surface area contributed by atoms with Crippen LogP contribution in [0.2, 0.25) is 0 Å². The first kappa shape index (κ1) is 14.0. The fourth-order valence-corrected chi connectivity index (χ4v) is 2.99. The molecule has 1 unspecified atom stereocenters. The summed E-state index contributed by atoms with van der Waals surface area (Å²) in [5, 5.41) is 3.35. The van der Waals surface area contributed by atoms with E-state index in [2.05, 4.69) is 17.4 Å². The maximum Gasteiger partial charge on any atom is 0.118 e. The van der Waals surface area contributed by atoms with Crippen LogP contribution in [-0.4, -0.2) is 19.9 Å². The molecule has 0 aliphatic rings. The molecule has 2 rings (SSSR count). The zero-order valence-electron chi connectivity index (χ0n) is 11.5. The fraction of sp³-hybridized carbons (Fsp3) is 0.333. The lowest BCUT2D eigenvalue weighted by molar-refractivity contribution is 0.414. The number of benzene rings is 1. The van der Waals surface area contributed by atoms with Gasteiger partial charge in [0.05, 0.1) is 13.4 Å². The van der Waals surface area contributed by atoms with Gasteiger partial charge < -0.3 is 14.5 Å². The molecule has 0 saturated heterocycles. The summed E-state index contributed by atoms with van der Waals surface area (Å²) in [6.45, 7) is 1.99. The second-order valence-electron chi connectivity index (χ2n) is 4.27. The van der Waals surface area contributed by atoms with Gasteiger partial charge >= 0.3 is 0 Å². The van der Waals surface area contributed by atoms with Crippen molar-refractivity contribution >= 4 is 11.8 Å². The van der Waals surface area contributed by atoms with Crippen LogP contribution in [0.3, 0.4) is 0 Å². The van der Waals surface area contributed by atoms with Gasteiger partial charge in [-0.1, -0.05) is 12.1 Å². The maximum atomic E-state index is 5.31. The second-order valence-corrected chi connectivity index (χ2v) is 5.33. The van der Waals surface area contributed by atoms with Crippen molar-refractivity contribution in [2.75, 3.05) is 19.9 Å². The molecule has 0 radical (unpaired) electrons. The maximum absolute atomic E-state index is 5.31. The molecule has 0 spiro atoms. The van der Waals surface area contributed by atoms with Crippen LogP contribution in [-0.2, 0) is 0 Å². The van der Waals surface area contributed by atoms with E-state index in [-0.39, 0.29) is 0 Å². The van der Waals surface area contributed by atoms with E-state index >= 15 is 0 Å². The van der Waals surface area contributed by atoms with Gasteiger partial charge in [-0.2, -0.15) is 0 Å². The Hall–Kier alpha value is -1.39. The van der Waals surface area contributed by atoms with Crippen LogP contribution < -0.4 is 10.1 Å². The van der Waals surface area contributed by atoms with Gasteiger partial charge in [0.2, 0.25) is 0 Å². The van der Waals surface area contributed by atoms with Crippen molar-refractivity contribution in [2.45, 2.75) is 17.9 Å². The molecule has 1 aromatic carbocycles. The molecule has 19 heavy (non-hydrogen) atoms. The Labute approximate surface area is 118 Å². The van der Waals surface area contributed by atoms with Crippen molar-refractivity contribution < 1.29 is 9.15 Å². The highest BCUT2D eigenvalue weighted by molar-refractivity contribution is 7.99. The predicted octanol–water partition coefficient (Wildman–Crippen LogP) is 3.65. The fourth-order valence-electron chi connectivity index (χ4n) is 1.88. The van der Waals surface area contributed by atoms with Gasteiger partial charge in [-0.15, -0.1) is 11.8 Å². The Morgan fingerprint density at radius 2 is 2.00 bits per heavy atom. The van der Waals surface area contributed by atoms with E-state index < -0.39 is 0 Å². The number of methoxy groups -OCH3 is 1. The van der Waals surface area contributed by atoms with Crippen LogP contribution in [0.15, 0.2) is 45.9 Å². The van der Waals surface area contributed by atoms with Gasteiger partial charge in [0, 0.05) is 16.7 Å². The molecular formula is C15H19NO2S. The van der Waals surface area contributed by atoms with Gasteiger partial charge in [-0.05, 0) is 37.7 Å². The molecule has 4 heteroatoms. The van der Waals surface area contributed by atoms with Gasteiger partial charge in [0.25, 0.3) is 0 Å². The van der Waals surface area contributed by atoms with Gasteiger partial charge in [0.1, 0.15) is 11.5 Å². The molecule has 1 heterocycles. The molecule has 102 valence electrons. The number of furan rings is 1. The minimum absolute atomic E-state index is 0.310. The second kappa shape index (κ2) is 6.68. The van der Waals surface area contributed by atoms with Gasteiger partial charge in [-0.25, -0.2) is 0 Å². The van der Waals surface area contributed by atoms with Gasteiger partial charge in [-0.3, -0.25) is 0 Å². The number of hydrogen-bond acceptors (Lipinski definition) is 4. The molecule has 0 amide bonds. The summed E-state index contributed by atoms with van der Waals surface area (Å²) in [6.07, 6.45) is 1.74. The number of rotatable bonds is 6. The molecule has 1 N–H and O–H groups in total. The first-order valence-corrected chi connectivity index (χ1v) is 7.21. The summed E-state index contributed by atoms with van der Waals surface area (Å²) in [4.78, 5) is 1.20. The molecule has 0 bridgehead atoms. The third-order valence-corrected chi connectivity index (χ3v) is 4.32. The monoisotopic (exact) mass is 277 g/mol. The molecule has 3 nitrogen and oxygen atoms in total. The highest BCUT2D eigenvalue weighted by atomic mass is 32.2. The molecule has 1 aromatic heterocycles. The van der Waals surface area contributed by atoms with E-state index in [4.69, 9.17) is 9.15 Å². The van der Waals surface area contributed by atoms with Crippen molar-refractivity contribution in [3.05, 3.63) is 47.9 Å². The Morgan fingerprint density at radius 3 is 2.53 bits per heavy atom. The summed E-state index contributed by atoms with van der Waals surface area (Å²) in [7, 11) is 3.67. The standard InChI is InChI=1S/C15H19NO2S/c1-11-15(8-9-18-11)19-10-14(16-2)12-4-6-13(17-3)7-5-12/h4-9,14,16H,10H2,1-3H3. The molecular weight excluding hydrogens is 258 g/mol. The molecule has 1 atom stereocenters. The van der Waals surface area contributed by atoms with Crippen molar-refractivity contribution in [3.63, 3.8) is 0 Å². The summed E-state index contributed by atoms with van der Waals surface area (Å²) in [5.41, 5.74) is 1.26. The first-order chi connectivity index (χ1) is 9.24. The van der Waals surface area contributed by atoms with Crippen molar-refractivity contribution in [1.29, 1.82) is 0 Å². The molecule has 0 aliphatic heterocycles. The van der Waals surface area contributed by atoms with Crippen LogP contribution in [0.1, 0.15) is 17.4 Å². The van der Waals surface area contributed by atoms with Crippen molar-refractivity contribution in [2.24, 2.45) is 0 Å². The molecule has 2 aromatic rings. The summed E-state index contributed by atoms with van der Waals surface area (Å²) in [6, 6.07) is 10.5. The smallest absolute Gasteiger partial charge is 0.118 e. The van der Waals surface area contributed by atoms with E-state index in [0.29, 0.717) is 6.04 Å². The average Bonchev–Trinajstić information content (AvgIpc) is 2.86. The number of nitrogens with one attached hydrogen (secondary N) is 1. The van der Waals surface area contributed by atoms with Crippen molar-refractivity contribution in [1.82, 2.24) is 5.32 Å². The lowest BCUT2D eigenvalue weighted by atomic mass is 10.1. The number of hydrogen-bond donors (Lipinski definition) is 1. The molecule has 0 fully saturated rings. The highest BCUT2D eigenvalue weighted by Gasteiger charge is 2.11. The van der Waals surface area contributed by atoms with E-state index in [9.17, 15) is 0 Å². The Bertz CT molecular complexity index is 507. The Balaban J connectivity index is 2.01. The van der Waals surface area contributed by atoms with Gasteiger partial charge in [0.15, 0.2) is 0 Å². The Kier molecular flexibility index (Phi) is 4.93. The quantitative estimate of drug-likeness (QED) is 0.817. The zero-order chi connectivity index (χ0) is 13.7. The van der Waals surface area contributed by atoms with Crippen LogP contribution in [0.5, 0.6) is 5.75 Å². The van der Waals surface area contributed by atoms with Crippen LogP contribution >= 0.6 is 11.8 Å². The lowest BCUT2D eigenvalue weighted by Crippen LogP contribution is -2.18. The van der Waals surface area contributed by atoms with Crippen LogP contribution in [0, 0.1) is 6.92 Å². The van der Waals surface area contributed by atoms with Crippen molar-refractivity contribution in [3.8, 4) is 5.75 Å². The number of ether oxygens (including phenoxy) is 1. The van der Waals surface area contributed by atoms with E-state index in [1.807, 2.05) is 32.2 Å². The third kappa shape index (κ3) is 3.55. The molecule has 0 saturated carbocycles. The normalized spacial score (nSPS) is 12.4. The lowest BCUT2D eigenvalue weighted by Gasteiger charge is -2.16. The zero-order valence-corrected chi connectivity index (χ0v) is 12.3. The molecule has 0 aliphatic carbocycles. The minimum atomic E-state index is 0.310. The van der Waals surface area contributed by atoms with E-state index in [1.165, 1.54) is 10.5 Å². The van der Waals surface area contributed by atoms with Crippen LogP contribution in [0.4, 0.5) is 0 Å². The minimum Gasteiger partial charge on any atom is -0.497 e.